The van der Waals surface area contributed by atoms with Gasteiger partial charge in [0.2, 0.25) is 0 Å². The standard InChI is InChI=1S/C33H57N3O3/c1-5-8-11-14-16-19-22-34-31(37)28-24-29(32(38)35-23-20-17-15-12-9-6-2)26-30(25-28)33(39)36-27(4)21-18-13-10-7-3/h24-27H,5-23H2,1-4H3,(H,34,37)(H,35,38)(H,36,39)/t27-/m1/s1. The van der Waals surface area contributed by atoms with Gasteiger partial charge in [0.25, 0.3) is 17.7 Å². The zero-order valence-corrected chi connectivity index (χ0v) is 25.5. The topological polar surface area (TPSA) is 87.3 Å². The highest BCUT2D eigenvalue weighted by atomic mass is 16.2. The first-order valence-electron chi connectivity index (χ1n) is 15.9. The summed E-state index contributed by atoms with van der Waals surface area (Å²) in [6.45, 7) is 9.78. The Morgan fingerprint density at radius 3 is 1.33 bits per heavy atom. The Balaban J connectivity index is 2.81. The summed E-state index contributed by atoms with van der Waals surface area (Å²) < 4.78 is 0. The number of benzene rings is 1. The average Bonchev–Trinajstić information content (AvgIpc) is 2.93. The molecule has 0 aliphatic carbocycles. The van der Waals surface area contributed by atoms with Gasteiger partial charge in [0, 0.05) is 35.8 Å². The molecular weight excluding hydrogens is 486 g/mol. The van der Waals surface area contributed by atoms with Gasteiger partial charge in [0.15, 0.2) is 0 Å². The fourth-order valence-corrected chi connectivity index (χ4v) is 4.70. The average molecular weight is 544 g/mol. The van der Waals surface area contributed by atoms with Crippen LogP contribution < -0.4 is 16.0 Å². The largest absolute Gasteiger partial charge is 0.352 e. The monoisotopic (exact) mass is 543 g/mol. The van der Waals surface area contributed by atoms with Gasteiger partial charge >= 0.3 is 0 Å². The molecule has 3 amide bonds. The number of unbranched alkanes of at least 4 members (excludes halogenated alkanes) is 13. The minimum absolute atomic E-state index is 0.0320. The van der Waals surface area contributed by atoms with Crippen molar-refractivity contribution >= 4 is 17.7 Å². The van der Waals surface area contributed by atoms with Crippen LogP contribution in [0.5, 0.6) is 0 Å². The third-order valence-corrected chi connectivity index (χ3v) is 7.22. The summed E-state index contributed by atoms with van der Waals surface area (Å²) in [7, 11) is 0. The number of hydrogen-bond donors (Lipinski definition) is 3. The second-order valence-electron chi connectivity index (χ2n) is 11.1. The second-order valence-corrected chi connectivity index (χ2v) is 11.1. The molecule has 0 saturated carbocycles. The molecule has 6 nitrogen and oxygen atoms in total. The van der Waals surface area contributed by atoms with Gasteiger partial charge < -0.3 is 16.0 Å². The number of rotatable bonds is 23. The lowest BCUT2D eigenvalue weighted by Gasteiger charge is -2.15. The molecule has 39 heavy (non-hydrogen) atoms. The Morgan fingerprint density at radius 2 is 0.897 bits per heavy atom. The highest BCUT2D eigenvalue weighted by molar-refractivity contribution is 6.04. The minimum Gasteiger partial charge on any atom is -0.352 e. The lowest BCUT2D eigenvalue weighted by atomic mass is 10.0. The van der Waals surface area contributed by atoms with Crippen LogP contribution in [0.25, 0.3) is 0 Å². The van der Waals surface area contributed by atoms with Gasteiger partial charge in [-0.05, 0) is 44.4 Å². The first-order chi connectivity index (χ1) is 18.9. The lowest BCUT2D eigenvalue weighted by molar-refractivity contribution is 0.0937. The third kappa shape index (κ3) is 16.4. The van der Waals surface area contributed by atoms with Crippen LogP contribution in [0.4, 0.5) is 0 Å². The zero-order chi connectivity index (χ0) is 28.7. The van der Waals surface area contributed by atoms with Gasteiger partial charge in [-0.1, -0.05) is 111 Å². The number of amides is 3. The maximum absolute atomic E-state index is 13.1. The van der Waals surface area contributed by atoms with Crippen LogP contribution in [-0.4, -0.2) is 36.9 Å². The molecule has 1 rings (SSSR count). The molecule has 0 aliphatic rings. The molecule has 1 aromatic carbocycles. The van der Waals surface area contributed by atoms with Crippen molar-refractivity contribution < 1.29 is 14.4 Å². The van der Waals surface area contributed by atoms with E-state index in [1.807, 2.05) is 6.92 Å². The minimum atomic E-state index is -0.242. The van der Waals surface area contributed by atoms with Crippen LogP contribution >= 0.6 is 0 Å². The van der Waals surface area contributed by atoms with E-state index >= 15 is 0 Å². The Hall–Kier alpha value is -2.37. The normalized spacial score (nSPS) is 11.7. The van der Waals surface area contributed by atoms with Crippen molar-refractivity contribution in [3.8, 4) is 0 Å². The van der Waals surface area contributed by atoms with Crippen LogP contribution in [0.1, 0.15) is 168 Å². The number of carbonyl (C=O) groups excluding carboxylic acids is 3. The molecule has 222 valence electrons. The summed E-state index contributed by atoms with van der Waals surface area (Å²) in [6.07, 6.45) is 19.3. The highest BCUT2D eigenvalue weighted by Gasteiger charge is 2.17. The first kappa shape index (κ1) is 34.7. The summed E-state index contributed by atoms with van der Waals surface area (Å²) in [5, 5.41) is 9.01. The van der Waals surface area contributed by atoms with Crippen molar-refractivity contribution in [2.24, 2.45) is 0 Å². The van der Waals surface area contributed by atoms with E-state index < -0.39 is 0 Å². The van der Waals surface area contributed by atoms with E-state index in [2.05, 4.69) is 36.7 Å². The van der Waals surface area contributed by atoms with Gasteiger partial charge in [0.05, 0.1) is 0 Å². The second kappa shape index (κ2) is 22.4. The van der Waals surface area contributed by atoms with Crippen LogP contribution in [0.3, 0.4) is 0 Å². The highest BCUT2D eigenvalue weighted by Crippen LogP contribution is 2.14. The van der Waals surface area contributed by atoms with Gasteiger partial charge in [-0.25, -0.2) is 0 Å². The number of carbonyl (C=O) groups is 3. The molecule has 1 atom stereocenters. The quantitative estimate of drug-likeness (QED) is 0.122. The predicted molar refractivity (Wildman–Crippen MR) is 164 cm³/mol. The third-order valence-electron chi connectivity index (χ3n) is 7.22. The van der Waals surface area contributed by atoms with Gasteiger partial charge in [-0.2, -0.15) is 0 Å². The Morgan fingerprint density at radius 1 is 0.538 bits per heavy atom. The first-order valence-corrected chi connectivity index (χ1v) is 15.9. The van der Waals surface area contributed by atoms with Crippen molar-refractivity contribution in [2.45, 2.75) is 143 Å². The van der Waals surface area contributed by atoms with E-state index in [9.17, 15) is 14.4 Å². The zero-order valence-electron chi connectivity index (χ0n) is 25.5. The van der Waals surface area contributed by atoms with E-state index in [0.717, 1.165) is 44.9 Å². The van der Waals surface area contributed by atoms with Crippen molar-refractivity contribution in [3.63, 3.8) is 0 Å². The molecule has 0 bridgehead atoms. The fraction of sp³-hybridized carbons (Fsp3) is 0.727. The van der Waals surface area contributed by atoms with Crippen molar-refractivity contribution in [1.29, 1.82) is 0 Å². The number of nitrogens with one attached hydrogen (secondary N) is 3. The molecule has 6 heteroatoms. The van der Waals surface area contributed by atoms with Gasteiger partial charge in [0.1, 0.15) is 0 Å². The maximum atomic E-state index is 13.1. The SMILES string of the molecule is CCCCCCCCNC(=O)c1cc(C(=O)NCCCCCCCC)cc(C(=O)N[C@H](C)CCCCCC)c1. The summed E-state index contributed by atoms with van der Waals surface area (Å²) >= 11 is 0. The summed E-state index contributed by atoms with van der Waals surface area (Å²) in [5.74, 6) is -0.722. The summed E-state index contributed by atoms with van der Waals surface area (Å²) in [6, 6.07) is 4.86. The van der Waals surface area contributed by atoms with E-state index in [0.29, 0.717) is 29.8 Å². The molecule has 0 fully saturated rings. The van der Waals surface area contributed by atoms with Gasteiger partial charge in [-0.15, -0.1) is 0 Å². The Kier molecular flexibility index (Phi) is 19.9. The number of hydrogen-bond acceptors (Lipinski definition) is 3. The van der Waals surface area contributed by atoms with Crippen molar-refractivity contribution in [1.82, 2.24) is 16.0 Å². The van der Waals surface area contributed by atoms with E-state index in [4.69, 9.17) is 0 Å². The van der Waals surface area contributed by atoms with E-state index in [1.165, 1.54) is 64.2 Å². The molecular formula is C33H57N3O3. The smallest absolute Gasteiger partial charge is 0.251 e. The molecule has 0 heterocycles. The predicted octanol–water partition coefficient (Wildman–Crippen LogP) is 7.96. The van der Waals surface area contributed by atoms with E-state index in [-0.39, 0.29) is 23.8 Å². The van der Waals surface area contributed by atoms with Crippen molar-refractivity contribution in [2.75, 3.05) is 13.1 Å². The molecule has 0 aromatic heterocycles. The summed E-state index contributed by atoms with van der Waals surface area (Å²) in [5.41, 5.74) is 1.07. The lowest BCUT2D eigenvalue weighted by Crippen LogP contribution is -2.33. The molecule has 0 spiro atoms. The van der Waals surface area contributed by atoms with Crippen molar-refractivity contribution in [3.05, 3.63) is 34.9 Å². The molecule has 1 aromatic rings. The molecule has 0 unspecified atom stereocenters. The van der Waals surface area contributed by atoms with Crippen LogP contribution in [-0.2, 0) is 0 Å². The maximum Gasteiger partial charge on any atom is 0.251 e. The molecule has 3 N–H and O–H groups in total. The van der Waals surface area contributed by atoms with Crippen LogP contribution in [0.15, 0.2) is 18.2 Å². The van der Waals surface area contributed by atoms with Crippen LogP contribution in [0.2, 0.25) is 0 Å². The fourth-order valence-electron chi connectivity index (χ4n) is 4.70. The van der Waals surface area contributed by atoms with Crippen LogP contribution in [0, 0.1) is 0 Å². The molecule has 0 saturated heterocycles. The molecule has 0 aliphatic heterocycles. The Labute approximate surface area is 238 Å². The Bertz CT molecular complexity index is 776. The summed E-state index contributed by atoms with van der Waals surface area (Å²) in [4.78, 5) is 39.0. The van der Waals surface area contributed by atoms with E-state index in [1.54, 1.807) is 18.2 Å². The molecule has 0 radical (unpaired) electrons. The van der Waals surface area contributed by atoms with Gasteiger partial charge in [-0.3, -0.25) is 14.4 Å².